The lowest BCUT2D eigenvalue weighted by atomic mass is 9.85. The molecular formula is C32H34FNO5S. The summed E-state index contributed by atoms with van der Waals surface area (Å²) in [7, 11) is 0. The van der Waals surface area contributed by atoms with E-state index in [-0.39, 0.29) is 29.8 Å². The van der Waals surface area contributed by atoms with Gasteiger partial charge in [-0.15, -0.1) is 11.8 Å². The molecule has 1 heterocycles. The van der Waals surface area contributed by atoms with Crippen LogP contribution in [0, 0.1) is 17.7 Å². The number of carbonyl (C=O) groups is 3. The minimum Gasteiger partial charge on any atom is -0.477 e. The summed E-state index contributed by atoms with van der Waals surface area (Å²) in [5, 5.41) is 0. The van der Waals surface area contributed by atoms with Crippen molar-refractivity contribution in [1.82, 2.24) is 4.90 Å². The van der Waals surface area contributed by atoms with Crippen LogP contribution in [0.4, 0.5) is 9.18 Å². The topological polar surface area (TPSA) is 72.9 Å². The summed E-state index contributed by atoms with van der Waals surface area (Å²) in [5.41, 5.74) is 0.212. The van der Waals surface area contributed by atoms with Gasteiger partial charge in [0.25, 0.3) is 0 Å². The van der Waals surface area contributed by atoms with E-state index in [4.69, 9.17) is 9.47 Å². The number of halogens is 1. The quantitative estimate of drug-likeness (QED) is 0.198. The third-order valence-electron chi connectivity index (χ3n) is 7.37. The van der Waals surface area contributed by atoms with Crippen LogP contribution in [-0.4, -0.2) is 47.5 Å². The maximum Gasteiger partial charge on any atom is 0.415 e. The Balaban J connectivity index is 1.49. The Kier molecular flexibility index (Phi) is 9.30. The summed E-state index contributed by atoms with van der Waals surface area (Å²) in [5.74, 6) is -0.856. The maximum atomic E-state index is 14.8. The lowest BCUT2D eigenvalue weighted by molar-refractivity contribution is -0.129. The SMILES string of the molecule is CSc1ccc(C(=O)C2CN(C(=O)Oc3ccccc3)CC2CCc2ccc(OC(C)(C)C(C)=O)c(F)c2)cc1. The lowest BCUT2D eigenvalue weighted by Crippen LogP contribution is -2.36. The molecular weight excluding hydrogens is 529 g/mol. The molecule has 1 fully saturated rings. The Morgan fingerprint density at radius 3 is 2.33 bits per heavy atom. The molecule has 1 aliphatic heterocycles. The third kappa shape index (κ3) is 7.10. The fourth-order valence-corrected chi connectivity index (χ4v) is 5.12. The van der Waals surface area contributed by atoms with Crippen molar-refractivity contribution in [3.05, 3.63) is 89.7 Å². The van der Waals surface area contributed by atoms with Gasteiger partial charge >= 0.3 is 6.09 Å². The molecule has 1 aliphatic rings. The maximum absolute atomic E-state index is 14.8. The smallest absolute Gasteiger partial charge is 0.415 e. The first-order valence-electron chi connectivity index (χ1n) is 13.3. The molecule has 6 nitrogen and oxygen atoms in total. The van der Waals surface area contributed by atoms with Gasteiger partial charge in [0, 0.05) is 29.5 Å². The minimum absolute atomic E-state index is 0.0152. The molecule has 0 aromatic heterocycles. The Hall–Kier alpha value is -3.65. The van der Waals surface area contributed by atoms with Crippen molar-refractivity contribution in [3.63, 3.8) is 0 Å². The predicted octanol–water partition coefficient (Wildman–Crippen LogP) is 6.86. The first-order valence-corrected chi connectivity index (χ1v) is 14.5. The van der Waals surface area contributed by atoms with Gasteiger partial charge in [-0.25, -0.2) is 9.18 Å². The molecule has 4 rings (SSSR count). The number of hydrogen-bond donors (Lipinski definition) is 0. The molecule has 0 radical (unpaired) electrons. The van der Waals surface area contributed by atoms with Crippen molar-refractivity contribution in [2.45, 2.75) is 44.1 Å². The standard InChI is InChI=1S/C32H34FNO5S/c1-21(35)32(2,3)39-29-17-11-22(18-28(29)33)10-12-24-19-34(31(37)38-25-8-6-5-7-9-25)20-27(24)30(36)23-13-15-26(40-4)16-14-23/h5-9,11,13-18,24,27H,10,12,19-20H2,1-4H3. The van der Waals surface area contributed by atoms with E-state index >= 15 is 0 Å². The van der Waals surface area contributed by atoms with Gasteiger partial charge in [-0.1, -0.05) is 36.4 Å². The van der Waals surface area contributed by atoms with Crippen LogP contribution < -0.4 is 9.47 Å². The van der Waals surface area contributed by atoms with Gasteiger partial charge < -0.3 is 14.4 Å². The fourth-order valence-electron chi connectivity index (χ4n) is 4.71. The first-order chi connectivity index (χ1) is 19.1. The van der Waals surface area contributed by atoms with E-state index in [0.29, 0.717) is 30.7 Å². The fraction of sp³-hybridized carbons (Fsp3) is 0.344. The third-order valence-corrected chi connectivity index (χ3v) is 8.12. The molecule has 210 valence electrons. The number of hydrogen-bond acceptors (Lipinski definition) is 6. The summed E-state index contributed by atoms with van der Waals surface area (Å²) in [6.07, 6.45) is 2.57. The average Bonchev–Trinajstić information content (AvgIpc) is 3.38. The Morgan fingerprint density at radius 2 is 1.70 bits per heavy atom. The van der Waals surface area contributed by atoms with Crippen molar-refractivity contribution in [2.75, 3.05) is 19.3 Å². The zero-order valence-electron chi connectivity index (χ0n) is 23.2. The second-order valence-electron chi connectivity index (χ2n) is 10.5. The Morgan fingerprint density at radius 1 is 1.00 bits per heavy atom. The van der Waals surface area contributed by atoms with E-state index < -0.39 is 23.4 Å². The number of ether oxygens (including phenoxy) is 2. The number of aryl methyl sites for hydroxylation is 1. The largest absolute Gasteiger partial charge is 0.477 e. The van der Waals surface area contributed by atoms with Gasteiger partial charge in [0.05, 0.1) is 0 Å². The molecule has 0 bridgehead atoms. The van der Waals surface area contributed by atoms with E-state index in [1.54, 1.807) is 60.8 Å². The lowest BCUT2D eigenvalue weighted by Gasteiger charge is -2.24. The Bertz CT molecular complexity index is 1360. The average molecular weight is 564 g/mol. The highest BCUT2D eigenvalue weighted by Gasteiger charge is 2.40. The van der Waals surface area contributed by atoms with Crippen molar-refractivity contribution >= 4 is 29.4 Å². The van der Waals surface area contributed by atoms with Crippen LogP contribution in [0.15, 0.2) is 77.7 Å². The van der Waals surface area contributed by atoms with E-state index in [1.165, 1.54) is 19.1 Å². The number of carbonyl (C=O) groups excluding carboxylic acids is 3. The number of likely N-dealkylation sites (tertiary alicyclic amines) is 1. The monoisotopic (exact) mass is 563 g/mol. The molecule has 3 aromatic carbocycles. The summed E-state index contributed by atoms with van der Waals surface area (Å²) >= 11 is 1.60. The molecule has 3 aromatic rings. The molecule has 2 unspecified atom stereocenters. The molecule has 1 amide bonds. The summed E-state index contributed by atoms with van der Waals surface area (Å²) in [4.78, 5) is 41.0. The van der Waals surface area contributed by atoms with E-state index in [2.05, 4.69) is 0 Å². The van der Waals surface area contributed by atoms with E-state index in [9.17, 15) is 18.8 Å². The summed E-state index contributed by atoms with van der Waals surface area (Å²) in [6, 6.07) is 21.0. The zero-order valence-corrected chi connectivity index (χ0v) is 24.0. The van der Waals surface area contributed by atoms with Crippen LogP contribution in [0.3, 0.4) is 0 Å². The van der Waals surface area contributed by atoms with Crippen LogP contribution >= 0.6 is 11.8 Å². The highest BCUT2D eigenvalue weighted by atomic mass is 32.2. The highest BCUT2D eigenvalue weighted by molar-refractivity contribution is 7.98. The number of amides is 1. The van der Waals surface area contributed by atoms with E-state index in [0.717, 1.165) is 10.5 Å². The number of ketones is 2. The van der Waals surface area contributed by atoms with Crippen molar-refractivity contribution in [2.24, 2.45) is 11.8 Å². The zero-order chi connectivity index (χ0) is 28.9. The van der Waals surface area contributed by atoms with Crippen LogP contribution in [0.2, 0.25) is 0 Å². The molecule has 8 heteroatoms. The molecule has 0 spiro atoms. The number of Topliss-reactive ketones (excluding diaryl/α,β-unsaturated/α-hetero) is 2. The molecule has 1 saturated heterocycles. The Labute approximate surface area is 238 Å². The minimum atomic E-state index is -1.13. The van der Waals surface area contributed by atoms with Gasteiger partial charge in [-0.05, 0) is 87.7 Å². The number of nitrogens with zero attached hydrogens (tertiary/aromatic N) is 1. The van der Waals surface area contributed by atoms with Crippen molar-refractivity contribution in [3.8, 4) is 11.5 Å². The molecule has 0 N–H and O–H groups in total. The normalized spacial score (nSPS) is 17.0. The number of benzene rings is 3. The number of rotatable bonds is 10. The van der Waals surface area contributed by atoms with Crippen molar-refractivity contribution in [1.29, 1.82) is 0 Å². The van der Waals surface area contributed by atoms with Gasteiger partial charge in [0.2, 0.25) is 0 Å². The van der Waals surface area contributed by atoms with Gasteiger partial charge in [0.15, 0.2) is 28.7 Å². The van der Waals surface area contributed by atoms with E-state index in [1.807, 2.05) is 36.6 Å². The second kappa shape index (κ2) is 12.7. The van der Waals surface area contributed by atoms with Crippen molar-refractivity contribution < 1.29 is 28.2 Å². The van der Waals surface area contributed by atoms with Crippen LogP contribution in [0.1, 0.15) is 43.1 Å². The molecule has 0 saturated carbocycles. The van der Waals surface area contributed by atoms with Gasteiger partial charge in [-0.2, -0.15) is 0 Å². The molecule has 2 atom stereocenters. The molecule has 40 heavy (non-hydrogen) atoms. The molecule has 0 aliphatic carbocycles. The summed E-state index contributed by atoms with van der Waals surface area (Å²) < 4.78 is 26.0. The van der Waals surface area contributed by atoms with Crippen LogP contribution in [0.25, 0.3) is 0 Å². The second-order valence-corrected chi connectivity index (χ2v) is 11.4. The number of thioether (sulfide) groups is 1. The summed E-state index contributed by atoms with van der Waals surface area (Å²) in [6.45, 7) is 5.22. The first kappa shape index (κ1) is 29.3. The highest BCUT2D eigenvalue weighted by Crippen LogP contribution is 2.32. The van der Waals surface area contributed by atoms with Gasteiger partial charge in [-0.3, -0.25) is 9.59 Å². The number of para-hydroxylation sites is 1. The van der Waals surface area contributed by atoms with Gasteiger partial charge in [0.1, 0.15) is 5.75 Å². The van der Waals surface area contributed by atoms with Crippen LogP contribution in [0.5, 0.6) is 11.5 Å². The van der Waals surface area contributed by atoms with Crippen LogP contribution in [-0.2, 0) is 11.2 Å². The predicted molar refractivity (Wildman–Crippen MR) is 154 cm³/mol.